The lowest BCUT2D eigenvalue weighted by Crippen LogP contribution is -2.42. The number of aromatic nitrogens is 2. The zero-order chi connectivity index (χ0) is 14.7. The van der Waals surface area contributed by atoms with Gasteiger partial charge in [0.05, 0.1) is 6.04 Å². The van der Waals surface area contributed by atoms with Crippen molar-refractivity contribution in [2.75, 3.05) is 6.54 Å². The van der Waals surface area contributed by atoms with E-state index >= 15 is 0 Å². The van der Waals surface area contributed by atoms with Crippen LogP contribution in [0.5, 0.6) is 0 Å². The summed E-state index contributed by atoms with van der Waals surface area (Å²) in [6.07, 6.45) is 4.96. The Balaban J connectivity index is 1.69. The van der Waals surface area contributed by atoms with Crippen molar-refractivity contribution < 1.29 is 5.11 Å². The number of para-hydroxylation sites is 1. The molecule has 2 unspecified atom stereocenters. The first kappa shape index (κ1) is 12.4. The highest BCUT2D eigenvalue weighted by Crippen LogP contribution is 2.43. The Morgan fingerprint density at radius 3 is 3.09 bits per heavy atom. The molecule has 0 fully saturated rings. The predicted molar refractivity (Wildman–Crippen MR) is 84.4 cm³/mol. The minimum absolute atomic E-state index is 0.223. The Morgan fingerprint density at radius 1 is 1.23 bits per heavy atom. The molecule has 2 aliphatic rings. The summed E-state index contributed by atoms with van der Waals surface area (Å²) < 4.78 is 0. The summed E-state index contributed by atoms with van der Waals surface area (Å²) in [7, 11) is 0. The van der Waals surface area contributed by atoms with Gasteiger partial charge in [0, 0.05) is 41.1 Å². The van der Waals surface area contributed by atoms with Gasteiger partial charge in [0.25, 0.3) is 0 Å². The van der Waals surface area contributed by atoms with E-state index in [-0.39, 0.29) is 6.04 Å². The lowest BCUT2D eigenvalue weighted by atomic mass is 9.87. The summed E-state index contributed by atoms with van der Waals surface area (Å²) in [4.78, 5) is 9.96. The van der Waals surface area contributed by atoms with Crippen molar-refractivity contribution in [1.29, 1.82) is 0 Å². The van der Waals surface area contributed by atoms with Gasteiger partial charge in [-0.25, -0.2) is 0 Å². The van der Waals surface area contributed by atoms with Crippen molar-refractivity contribution in [1.82, 2.24) is 14.9 Å². The van der Waals surface area contributed by atoms with Gasteiger partial charge in [-0.15, -0.1) is 0 Å². The molecule has 0 spiro atoms. The van der Waals surface area contributed by atoms with Crippen LogP contribution in [-0.4, -0.2) is 26.5 Å². The lowest BCUT2D eigenvalue weighted by molar-refractivity contribution is -0.0443. The number of aliphatic hydroxyl groups is 1. The van der Waals surface area contributed by atoms with Crippen LogP contribution in [0.25, 0.3) is 10.9 Å². The Hall–Kier alpha value is -2.17. The molecule has 4 heterocycles. The molecule has 0 saturated heterocycles. The number of H-pyrrole nitrogens is 1. The van der Waals surface area contributed by atoms with Gasteiger partial charge >= 0.3 is 0 Å². The maximum absolute atomic E-state index is 10.7. The fraction of sp³-hybridized carbons (Fsp3) is 0.278. The molecule has 0 bridgehead atoms. The molecule has 2 aliphatic heterocycles. The Bertz CT molecular complexity index is 870. The highest BCUT2D eigenvalue weighted by atomic mass is 16.3. The van der Waals surface area contributed by atoms with E-state index in [1.54, 1.807) is 6.20 Å². The van der Waals surface area contributed by atoms with Crippen molar-refractivity contribution in [3.63, 3.8) is 0 Å². The van der Waals surface area contributed by atoms with Gasteiger partial charge in [0.15, 0.2) is 0 Å². The average Bonchev–Trinajstić information content (AvgIpc) is 2.94. The van der Waals surface area contributed by atoms with Crippen molar-refractivity contribution in [3.8, 4) is 0 Å². The summed E-state index contributed by atoms with van der Waals surface area (Å²) in [6, 6.07) is 10.7. The van der Waals surface area contributed by atoms with Crippen molar-refractivity contribution in [2.45, 2.75) is 25.1 Å². The lowest BCUT2D eigenvalue weighted by Gasteiger charge is -2.43. The second kappa shape index (κ2) is 4.41. The zero-order valence-electron chi connectivity index (χ0n) is 12.2. The molecule has 1 aromatic carbocycles. The molecule has 2 atom stereocenters. The van der Waals surface area contributed by atoms with Crippen LogP contribution in [0.3, 0.4) is 0 Å². The second-order valence-corrected chi connectivity index (χ2v) is 6.22. The predicted octanol–water partition coefficient (Wildman–Crippen LogP) is 2.71. The van der Waals surface area contributed by atoms with Crippen LogP contribution in [0.1, 0.15) is 34.7 Å². The van der Waals surface area contributed by atoms with Crippen LogP contribution < -0.4 is 0 Å². The van der Waals surface area contributed by atoms with Gasteiger partial charge in [0.1, 0.15) is 6.23 Å². The number of pyridine rings is 1. The molecule has 22 heavy (non-hydrogen) atoms. The van der Waals surface area contributed by atoms with Gasteiger partial charge < -0.3 is 10.1 Å². The fourth-order valence-corrected chi connectivity index (χ4v) is 4.09. The summed E-state index contributed by atoms with van der Waals surface area (Å²) in [5, 5.41) is 12.1. The van der Waals surface area contributed by atoms with Crippen LogP contribution >= 0.6 is 0 Å². The maximum Gasteiger partial charge on any atom is 0.135 e. The quantitative estimate of drug-likeness (QED) is 0.669. The van der Waals surface area contributed by atoms with Gasteiger partial charge in [-0.05, 0) is 36.1 Å². The van der Waals surface area contributed by atoms with E-state index in [2.05, 4.69) is 39.1 Å². The number of nitrogens with zero attached hydrogens (tertiary/aromatic N) is 2. The Morgan fingerprint density at radius 2 is 2.14 bits per heavy atom. The molecular weight excluding hydrogens is 274 g/mol. The third-order valence-corrected chi connectivity index (χ3v) is 5.15. The molecule has 0 radical (unpaired) electrons. The monoisotopic (exact) mass is 291 g/mol. The molecule has 0 aliphatic carbocycles. The molecule has 2 aromatic heterocycles. The van der Waals surface area contributed by atoms with E-state index in [1.165, 1.54) is 27.7 Å². The number of hydrogen-bond donors (Lipinski definition) is 2. The van der Waals surface area contributed by atoms with Gasteiger partial charge in [-0.1, -0.05) is 18.2 Å². The van der Waals surface area contributed by atoms with Crippen LogP contribution in [0, 0.1) is 0 Å². The minimum atomic E-state index is -0.554. The number of aromatic amines is 1. The van der Waals surface area contributed by atoms with Crippen LogP contribution in [0.2, 0.25) is 0 Å². The highest BCUT2D eigenvalue weighted by molar-refractivity contribution is 5.85. The molecule has 3 aromatic rings. The van der Waals surface area contributed by atoms with Gasteiger partial charge in [-0.2, -0.15) is 0 Å². The third-order valence-electron chi connectivity index (χ3n) is 5.15. The molecule has 2 N–H and O–H groups in total. The van der Waals surface area contributed by atoms with Crippen molar-refractivity contribution >= 4 is 10.9 Å². The largest absolute Gasteiger partial charge is 0.374 e. The number of fused-ring (bicyclic) bond motifs is 6. The van der Waals surface area contributed by atoms with Crippen LogP contribution in [0.4, 0.5) is 0 Å². The molecule has 0 saturated carbocycles. The standard InChI is InChI=1S/C18H17N3O/c22-18-14-10-19-7-5-11(14)9-16-17-13(6-8-21(16)18)12-3-1-2-4-15(12)20-17/h1-5,7,10,16,18,20,22H,6,8-9H2. The van der Waals surface area contributed by atoms with E-state index in [0.29, 0.717) is 0 Å². The van der Waals surface area contributed by atoms with Crippen molar-refractivity contribution in [3.05, 3.63) is 65.1 Å². The smallest absolute Gasteiger partial charge is 0.135 e. The van der Waals surface area contributed by atoms with E-state index in [4.69, 9.17) is 0 Å². The topological polar surface area (TPSA) is 52.2 Å². The summed E-state index contributed by atoms with van der Waals surface area (Å²) in [5.74, 6) is 0. The molecule has 4 nitrogen and oxygen atoms in total. The first-order chi connectivity index (χ1) is 10.8. The molecule has 5 rings (SSSR count). The number of rotatable bonds is 0. The van der Waals surface area contributed by atoms with E-state index in [9.17, 15) is 5.11 Å². The average molecular weight is 291 g/mol. The summed E-state index contributed by atoms with van der Waals surface area (Å²) >= 11 is 0. The van der Waals surface area contributed by atoms with E-state index < -0.39 is 6.23 Å². The fourth-order valence-electron chi connectivity index (χ4n) is 4.09. The SMILES string of the molecule is OC1c2cnccc2CC2c3[nH]c4ccccc4c3CCN12. The molecule has 110 valence electrons. The molecule has 0 amide bonds. The molecular formula is C18H17N3O. The van der Waals surface area contributed by atoms with Gasteiger partial charge in [-0.3, -0.25) is 9.88 Å². The highest BCUT2D eigenvalue weighted by Gasteiger charge is 2.38. The number of nitrogens with one attached hydrogen (secondary N) is 1. The second-order valence-electron chi connectivity index (χ2n) is 6.22. The Labute approximate surface area is 128 Å². The Kier molecular flexibility index (Phi) is 2.48. The normalized spacial score (nSPS) is 23.9. The summed E-state index contributed by atoms with van der Waals surface area (Å²) in [5.41, 5.74) is 6.05. The number of aliphatic hydroxyl groups excluding tert-OH is 1. The van der Waals surface area contributed by atoms with Crippen LogP contribution in [-0.2, 0) is 12.8 Å². The number of hydrogen-bond acceptors (Lipinski definition) is 3. The minimum Gasteiger partial charge on any atom is -0.374 e. The van der Waals surface area contributed by atoms with E-state index in [0.717, 1.165) is 24.9 Å². The zero-order valence-corrected chi connectivity index (χ0v) is 12.2. The summed E-state index contributed by atoms with van der Waals surface area (Å²) in [6.45, 7) is 0.884. The van der Waals surface area contributed by atoms with Crippen LogP contribution in [0.15, 0.2) is 42.7 Å². The third kappa shape index (κ3) is 1.56. The van der Waals surface area contributed by atoms with Gasteiger partial charge in [0.2, 0.25) is 0 Å². The molecule has 4 heteroatoms. The van der Waals surface area contributed by atoms with E-state index in [1.807, 2.05) is 12.3 Å². The first-order valence-electron chi connectivity index (χ1n) is 7.79. The first-order valence-corrected chi connectivity index (χ1v) is 7.79. The number of benzene rings is 1. The van der Waals surface area contributed by atoms with Crippen molar-refractivity contribution in [2.24, 2.45) is 0 Å². The maximum atomic E-state index is 10.7.